The van der Waals surface area contributed by atoms with Crippen molar-refractivity contribution in [3.05, 3.63) is 65.2 Å². The van der Waals surface area contributed by atoms with E-state index in [4.69, 9.17) is 4.74 Å². The second kappa shape index (κ2) is 9.59. The van der Waals surface area contributed by atoms with Crippen LogP contribution in [0.2, 0.25) is 0 Å². The second-order valence-corrected chi connectivity index (χ2v) is 9.53. The molecule has 1 heterocycles. The molecule has 1 aliphatic heterocycles. The van der Waals surface area contributed by atoms with Crippen molar-refractivity contribution < 1.29 is 28.7 Å². The maximum Gasteiger partial charge on any atom is 0.330 e. The van der Waals surface area contributed by atoms with Crippen molar-refractivity contribution in [1.82, 2.24) is 4.90 Å². The number of Topliss-reactive ketones (excluding diaryl/α,β-unsaturated/α-hetero) is 1. The zero-order chi connectivity index (χ0) is 25.2. The second-order valence-electron chi connectivity index (χ2n) is 9.53. The molecule has 3 rings (SSSR count). The number of esters is 1. The maximum absolute atomic E-state index is 12.9. The fourth-order valence-corrected chi connectivity index (χ4v) is 3.50. The lowest BCUT2D eigenvalue weighted by Crippen LogP contribution is -2.49. The number of nitrogens with one attached hydrogen (secondary N) is 1. The Kier molecular flexibility index (Phi) is 7.00. The van der Waals surface area contributed by atoms with Gasteiger partial charge in [0.15, 0.2) is 12.4 Å². The van der Waals surface area contributed by atoms with Crippen molar-refractivity contribution in [3.8, 4) is 0 Å². The van der Waals surface area contributed by atoms with Crippen molar-refractivity contribution in [2.24, 2.45) is 11.3 Å². The zero-order valence-electron chi connectivity index (χ0n) is 19.9. The Balaban J connectivity index is 1.66. The minimum Gasteiger partial charge on any atom is -0.456 e. The number of anilines is 1. The molecule has 178 valence electrons. The lowest BCUT2D eigenvalue weighted by molar-refractivity contribution is -0.148. The Morgan fingerprint density at radius 2 is 1.44 bits per heavy atom. The van der Waals surface area contributed by atoms with Crippen molar-refractivity contribution in [2.75, 3.05) is 11.9 Å². The number of rotatable bonds is 7. The summed E-state index contributed by atoms with van der Waals surface area (Å²) < 4.78 is 5.22. The minimum absolute atomic E-state index is 0.159. The molecule has 8 heteroatoms. The Bertz CT molecular complexity index is 1110. The fourth-order valence-electron chi connectivity index (χ4n) is 3.50. The van der Waals surface area contributed by atoms with Gasteiger partial charge in [0, 0.05) is 16.7 Å². The third-order valence-electron chi connectivity index (χ3n) is 5.47. The molecule has 8 nitrogen and oxygen atoms in total. The molecule has 0 aliphatic carbocycles. The number of ketones is 1. The van der Waals surface area contributed by atoms with Gasteiger partial charge >= 0.3 is 5.97 Å². The van der Waals surface area contributed by atoms with Crippen molar-refractivity contribution >= 4 is 35.2 Å². The Labute approximate surface area is 198 Å². The highest BCUT2D eigenvalue weighted by molar-refractivity contribution is 6.22. The minimum atomic E-state index is -1.16. The summed E-state index contributed by atoms with van der Waals surface area (Å²) in [5, 5.41) is 2.77. The molecule has 0 saturated heterocycles. The zero-order valence-corrected chi connectivity index (χ0v) is 19.9. The molecular formula is C26H28N2O6. The van der Waals surface area contributed by atoms with Gasteiger partial charge in [-0.05, 0) is 42.3 Å². The summed E-state index contributed by atoms with van der Waals surface area (Å²) in [4.78, 5) is 64.0. The van der Waals surface area contributed by atoms with Gasteiger partial charge < -0.3 is 10.1 Å². The van der Waals surface area contributed by atoms with Crippen LogP contribution >= 0.6 is 0 Å². The summed E-state index contributed by atoms with van der Waals surface area (Å²) in [6.45, 7) is 8.23. The lowest BCUT2D eigenvalue weighted by atomic mass is 9.95. The van der Waals surface area contributed by atoms with Crippen molar-refractivity contribution in [2.45, 2.75) is 40.7 Å². The number of carbonyl (C=O) groups is 5. The molecule has 2 aromatic rings. The number of nitrogens with zero attached hydrogens (tertiary/aromatic N) is 1. The van der Waals surface area contributed by atoms with Crippen molar-refractivity contribution in [3.63, 3.8) is 0 Å². The Morgan fingerprint density at radius 1 is 0.912 bits per heavy atom. The smallest absolute Gasteiger partial charge is 0.330 e. The molecule has 0 radical (unpaired) electrons. The van der Waals surface area contributed by atoms with E-state index in [0.717, 1.165) is 4.90 Å². The molecule has 3 amide bonds. The number of benzene rings is 2. The van der Waals surface area contributed by atoms with Gasteiger partial charge in [0.2, 0.25) is 5.91 Å². The maximum atomic E-state index is 12.9. The van der Waals surface area contributed by atoms with Gasteiger partial charge in [0.05, 0.1) is 11.1 Å². The summed E-state index contributed by atoms with van der Waals surface area (Å²) in [5.74, 6) is -2.98. The van der Waals surface area contributed by atoms with Gasteiger partial charge in [0.25, 0.3) is 11.8 Å². The average Bonchev–Trinajstić information content (AvgIpc) is 3.02. The van der Waals surface area contributed by atoms with Gasteiger partial charge in [-0.3, -0.25) is 24.1 Å². The summed E-state index contributed by atoms with van der Waals surface area (Å²) in [5.41, 5.74) is 0.749. The van der Waals surface area contributed by atoms with Crippen LogP contribution in [0.3, 0.4) is 0 Å². The van der Waals surface area contributed by atoms with E-state index >= 15 is 0 Å². The predicted molar refractivity (Wildman–Crippen MR) is 125 cm³/mol. The first-order chi connectivity index (χ1) is 15.9. The van der Waals surface area contributed by atoms with E-state index in [9.17, 15) is 24.0 Å². The monoisotopic (exact) mass is 464 g/mol. The number of ether oxygens (including phenoxy) is 1. The molecule has 1 aliphatic rings. The fraction of sp³-hybridized carbons (Fsp3) is 0.346. The molecule has 0 saturated carbocycles. The Hall–Kier alpha value is -3.81. The average molecular weight is 465 g/mol. The highest BCUT2D eigenvalue weighted by atomic mass is 16.5. The van der Waals surface area contributed by atoms with E-state index in [-0.39, 0.29) is 17.0 Å². The number of hydrogen-bond acceptors (Lipinski definition) is 6. The van der Waals surface area contributed by atoms with Gasteiger partial charge in [-0.1, -0.05) is 46.8 Å². The third kappa shape index (κ3) is 5.06. The molecule has 0 bridgehead atoms. The van der Waals surface area contributed by atoms with E-state index in [2.05, 4.69) is 5.32 Å². The highest BCUT2D eigenvalue weighted by Gasteiger charge is 2.44. The number of hydrogen-bond donors (Lipinski definition) is 1. The summed E-state index contributed by atoms with van der Waals surface area (Å²) in [6, 6.07) is 11.4. The van der Waals surface area contributed by atoms with Gasteiger partial charge in [-0.2, -0.15) is 0 Å². The normalized spacial score (nSPS) is 14.1. The molecule has 0 spiro atoms. The van der Waals surface area contributed by atoms with Crippen molar-refractivity contribution in [1.29, 1.82) is 0 Å². The number of amides is 3. The van der Waals surface area contributed by atoms with Gasteiger partial charge in [-0.25, -0.2) is 4.79 Å². The number of imide groups is 1. The third-order valence-corrected chi connectivity index (χ3v) is 5.47. The van der Waals surface area contributed by atoms with Gasteiger partial charge in [-0.15, -0.1) is 0 Å². The summed E-state index contributed by atoms with van der Waals surface area (Å²) in [6.07, 6.45) is 0. The van der Waals surface area contributed by atoms with E-state index in [0.29, 0.717) is 11.3 Å². The molecule has 0 fully saturated rings. The molecule has 0 unspecified atom stereocenters. The van der Waals surface area contributed by atoms with Crippen LogP contribution in [0, 0.1) is 11.3 Å². The van der Waals surface area contributed by atoms with E-state index in [1.54, 1.807) is 58.9 Å². The lowest BCUT2D eigenvalue weighted by Gasteiger charge is -2.27. The first-order valence-electron chi connectivity index (χ1n) is 11.0. The Morgan fingerprint density at radius 3 is 1.91 bits per heavy atom. The molecule has 1 atom stereocenters. The molecule has 1 N–H and O–H groups in total. The molecule has 2 aromatic carbocycles. The van der Waals surface area contributed by atoms with Crippen LogP contribution in [-0.4, -0.2) is 47.0 Å². The number of fused-ring (bicyclic) bond motifs is 1. The predicted octanol–water partition coefficient (Wildman–Crippen LogP) is 3.72. The van der Waals surface area contributed by atoms with Crippen LogP contribution in [0.25, 0.3) is 0 Å². The SMILES string of the molecule is CC(C)[C@@H](C(=O)OCC(=O)c1ccc(NC(=O)C(C)(C)C)cc1)N1C(=O)c2ccccc2C1=O. The van der Waals surface area contributed by atoms with E-state index in [1.807, 2.05) is 0 Å². The van der Waals surface area contributed by atoms with Crippen LogP contribution < -0.4 is 5.32 Å². The first kappa shape index (κ1) is 24.8. The summed E-state index contributed by atoms with van der Waals surface area (Å²) in [7, 11) is 0. The first-order valence-corrected chi connectivity index (χ1v) is 11.0. The van der Waals surface area contributed by atoms with Crippen LogP contribution in [0.15, 0.2) is 48.5 Å². The highest BCUT2D eigenvalue weighted by Crippen LogP contribution is 2.27. The van der Waals surface area contributed by atoms with Gasteiger partial charge in [0.1, 0.15) is 6.04 Å². The molecule has 34 heavy (non-hydrogen) atoms. The topological polar surface area (TPSA) is 110 Å². The van der Waals surface area contributed by atoms with Crippen LogP contribution in [0.1, 0.15) is 65.7 Å². The van der Waals surface area contributed by atoms with Crippen LogP contribution in [0.5, 0.6) is 0 Å². The van der Waals surface area contributed by atoms with Crippen LogP contribution in [-0.2, 0) is 14.3 Å². The molecule has 0 aromatic heterocycles. The summed E-state index contributed by atoms with van der Waals surface area (Å²) >= 11 is 0. The number of carbonyl (C=O) groups excluding carboxylic acids is 5. The molecular weight excluding hydrogens is 436 g/mol. The van der Waals surface area contributed by atoms with E-state index in [1.165, 1.54) is 24.3 Å². The largest absolute Gasteiger partial charge is 0.456 e. The van der Waals surface area contributed by atoms with Crippen LogP contribution in [0.4, 0.5) is 5.69 Å². The standard InChI is InChI=1S/C26H28N2O6/c1-15(2)21(28-22(30)18-8-6-7-9-19(18)23(28)31)24(32)34-14-20(29)16-10-12-17(13-11-16)27-25(33)26(3,4)5/h6-13,15,21H,14H2,1-5H3,(H,27,33)/t21-/m0/s1. The van der Waals surface area contributed by atoms with E-state index < -0.39 is 47.5 Å². The quantitative estimate of drug-likeness (QED) is 0.380.